The van der Waals surface area contributed by atoms with Gasteiger partial charge >= 0.3 is 6.09 Å². The molecule has 2 aliphatic heterocycles. The molecular formula is C23H29N3O3. The molecule has 2 fully saturated rings. The number of morpholine rings is 1. The van der Waals surface area contributed by atoms with Crippen molar-refractivity contribution in [1.82, 2.24) is 9.80 Å². The predicted octanol–water partition coefficient (Wildman–Crippen LogP) is 2.93. The molecule has 4 rings (SSSR count). The van der Waals surface area contributed by atoms with Crippen molar-refractivity contribution in [3.05, 3.63) is 65.7 Å². The first-order valence-corrected chi connectivity index (χ1v) is 10.4. The van der Waals surface area contributed by atoms with Gasteiger partial charge in [0.15, 0.2) is 0 Å². The fourth-order valence-electron chi connectivity index (χ4n) is 4.27. The number of ether oxygens (including phenoxy) is 1. The van der Waals surface area contributed by atoms with Crippen LogP contribution in [0.2, 0.25) is 0 Å². The molecule has 1 N–H and O–H groups in total. The van der Waals surface area contributed by atoms with Gasteiger partial charge in [0.2, 0.25) is 0 Å². The maximum atomic E-state index is 11.8. The number of benzene rings is 2. The molecule has 0 aromatic heterocycles. The summed E-state index contributed by atoms with van der Waals surface area (Å²) in [5, 5.41) is 9.67. The predicted molar refractivity (Wildman–Crippen MR) is 113 cm³/mol. The Bertz CT molecular complexity index is 791. The van der Waals surface area contributed by atoms with Crippen molar-refractivity contribution in [3.63, 3.8) is 0 Å². The number of carbonyl (C=O) groups is 1. The number of carboxylic acid groups (broad SMARTS) is 1. The second-order valence-electron chi connectivity index (χ2n) is 7.82. The van der Waals surface area contributed by atoms with Crippen molar-refractivity contribution in [1.29, 1.82) is 0 Å². The second kappa shape index (κ2) is 9.29. The van der Waals surface area contributed by atoms with E-state index in [1.54, 1.807) is 4.90 Å². The first-order chi connectivity index (χ1) is 14.2. The van der Waals surface area contributed by atoms with Crippen LogP contribution in [0.5, 0.6) is 0 Å². The highest BCUT2D eigenvalue weighted by Crippen LogP contribution is 2.21. The van der Waals surface area contributed by atoms with Crippen LogP contribution in [0.25, 0.3) is 0 Å². The molecule has 6 nitrogen and oxygen atoms in total. The number of nitrogens with zero attached hydrogens (tertiary/aromatic N) is 3. The molecule has 0 bridgehead atoms. The minimum atomic E-state index is -0.820. The summed E-state index contributed by atoms with van der Waals surface area (Å²) in [4.78, 5) is 18.1. The van der Waals surface area contributed by atoms with E-state index >= 15 is 0 Å². The van der Waals surface area contributed by atoms with Crippen LogP contribution < -0.4 is 4.90 Å². The molecule has 2 aromatic carbocycles. The van der Waals surface area contributed by atoms with E-state index in [0.29, 0.717) is 6.54 Å². The van der Waals surface area contributed by atoms with Crippen molar-refractivity contribution in [2.75, 3.05) is 50.8 Å². The first kappa shape index (κ1) is 19.7. The number of hydrogen-bond acceptors (Lipinski definition) is 4. The SMILES string of the molecule is O=C(O)N1CCN(Cc2ccccc2)C[C@H]1Cc1ccc(N2CCOCC2)cc1. The lowest BCUT2D eigenvalue weighted by molar-refractivity contribution is 0.0645. The van der Waals surface area contributed by atoms with Crippen molar-refractivity contribution in [2.45, 2.75) is 19.0 Å². The molecule has 2 aliphatic rings. The molecule has 6 heteroatoms. The van der Waals surface area contributed by atoms with Gasteiger partial charge in [-0.2, -0.15) is 0 Å². The highest BCUT2D eigenvalue weighted by atomic mass is 16.5. The topological polar surface area (TPSA) is 56.2 Å². The molecule has 1 atom stereocenters. The van der Waals surface area contributed by atoms with Crippen molar-refractivity contribution < 1.29 is 14.6 Å². The van der Waals surface area contributed by atoms with Gasteiger partial charge in [-0.05, 0) is 29.7 Å². The Kier molecular flexibility index (Phi) is 6.32. The smallest absolute Gasteiger partial charge is 0.407 e. The highest BCUT2D eigenvalue weighted by molar-refractivity contribution is 5.65. The maximum Gasteiger partial charge on any atom is 0.407 e. The number of amides is 1. The Morgan fingerprint density at radius 2 is 1.66 bits per heavy atom. The van der Waals surface area contributed by atoms with Crippen molar-refractivity contribution in [2.24, 2.45) is 0 Å². The van der Waals surface area contributed by atoms with Crippen LogP contribution in [0.4, 0.5) is 10.5 Å². The van der Waals surface area contributed by atoms with Crippen LogP contribution >= 0.6 is 0 Å². The van der Waals surface area contributed by atoms with Crippen LogP contribution in [0.1, 0.15) is 11.1 Å². The summed E-state index contributed by atoms with van der Waals surface area (Å²) in [7, 11) is 0. The lowest BCUT2D eigenvalue weighted by atomic mass is 10.0. The molecule has 2 heterocycles. The minimum Gasteiger partial charge on any atom is -0.465 e. The number of piperazine rings is 1. The van der Waals surface area contributed by atoms with E-state index in [-0.39, 0.29) is 6.04 Å². The van der Waals surface area contributed by atoms with Crippen molar-refractivity contribution >= 4 is 11.8 Å². The standard InChI is InChI=1S/C23H29N3O3/c27-23(28)26-11-10-24(17-20-4-2-1-3-5-20)18-22(26)16-19-6-8-21(9-7-19)25-12-14-29-15-13-25/h1-9,22H,10-18H2,(H,27,28)/t22-/m1/s1. The van der Waals surface area contributed by atoms with Crippen molar-refractivity contribution in [3.8, 4) is 0 Å². The Balaban J connectivity index is 1.41. The van der Waals surface area contributed by atoms with E-state index in [1.165, 1.54) is 16.8 Å². The van der Waals surface area contributed by atoms with E-state index in [0.717, 1.165) is 52.4 Å². The van der Waals surface area contributed by atoms with Crippen LogP contribution in [-0.4, -0.2) is 73.0 Å². The zero-order valence-electron chi connectivity index (χ0n) is 16.7. The van der Waals surface area contributed by atoms with Gasteiger partial charge in [-0.1, -0.05) is 42.5 Å². The Morgan fingerprint density at radius 3 is 2.34 bits per heavy atom. The van der Waals surface area contributed by atoms with E-state index < -0.39 is 6.09 Å². The Morgan fingerprint density at radius 1 is 0.931 bits per heavy atom. The highest BCUT2D eigenvalue weighted by Gasteiger charge is 2.30. The maximum absolute atomic E-state index is 11.8. The lowest BCUT2D eigenvalue weighted by Crippen LogP contribution is -2.55. The third-order valence-electron chi connectivity index (χ3n) is 5.85. The largest absolute Gasteiger partial charge is 0.465 e. The van der Waals surface area contributed by atoms with E-state index in [9.17, 15) is 9.90 Å². The molecule has 2 saturated heterocycles. The number of rotatable bonds is 5. The third-order valence-corrected chi connectivity index (χ3v) is 5.85. The minimum absolute atomic E-state index is 0.0285. The third kappa shape index (κ3) is 5.08. The molecule has 154 valence electrons. The molecule has 1 amide bonds. The number of anilines is 1. The van der Waals surface area contributed by atoms with Gasteiger partial charge < -0.3 is 19.6 Å². The van der Waals surface area contributed by atoms with E-state index in [4.69, 9.17) is 4.74 Å². The van der Waals surface area contributed by atoms with Gasteiger partial charge in [0, 0.05) is 45.0 Å². The molecule has 29 heavy (non-hydrogen) atoms. The van der Waals surface area contributed by atoms with Gasteiger partial charge in [-0.25, -0.2) is 4.79 Å². The Labute approximate surface area is 172 Å². The summed E-state index contributed by atoms with van der Waals surface area (Å²) in [6, 6.07) is 18.9. The fourth-order valence-corrected chi connectivity index (χ4v) is 4.27. The van der Waals surface area contributed by atoms with Gasteiger partial charge in [-0.15, -0.1) is 0 Å². The molecule has 0 radical (unpaired) electrons. The zero-order valence-corrected chi connectivity index (χ0v) is 16.7. The van der Waals surface area contributed by atoms with Gasteiger partial charge in [-0.3, -0.25) is 4.90 Å². The quantitative estimate of drug-likeness (QED) is 0.844. The zero-order chi connectivity index (χ0) is 20.1. The second-order valence-corrected chi connectivity index (χ2v) is 7.82. The summed E-state index contributed by atoms with van der Waals surface area (Å²) in [5.41, 5.74) is 3.66. The summed E-state index contributed by atoms with van der Waals surface area (Å²) < 4.78 is 5.42. The Hall–Kier alpha value is -2.57. The summed E-state index contributed by atoms with van der Waals surface area (Å²) in [5.74, 6) is 0. The average Bonchev–Trinajstić information content (AvgIpc) is 2.76. The molecule has 0 saturated carbocycles. The molecular weight excluding hydrogens is 366 g/mol. The lowest BCUT2D eigenvalue weighted by Gasteiger charge is -2.40. The monoisotopic (exact) mass is 395 g/mol. The average molecular weight is 396 g/mol. The fraction of sp³-hybridized carbons (Fsp3) is 0.435. The summed E-state index contributed by atoms with van der Waals surface area (Å²) in [6.07, 6.45) is -0.0830. The first-order valence-electron chi connectivity index (χ1n) is 10.4. The molecule has 2 aromatic rings. The van der Waals surface area contributed by atoms with Gasteiger partial charge in [0.25, 0.3) is 0 Å². The summed E-state index contributed by atoms with van der Waals surface area (Å²) >= 11 is 0. The molecule has 0 spiro atoms. The summed E-state index contributed by atoms with van der Waals surface area (Å²) in [6.45, 7) is 6.33. The van der Waals surface area contributed by atoms with Crippen LogP contribution in [0, 0.1) is 0 Å². The molecule has 0 unspecified atom stereocenters. The van der Waals surface area contributed by atoms with Crippen LogP contribution in [0.15, 0.2) is 54.6 Å². The van der Waals surface area contributed by atoms with E-state index in [2.05, 4.69) is 58.3 Å². The normalized spacial score (nSPS) is 20.6. The van der Waals surface area contributed by atoms with E-state index in [1.807, 2.05) is 6.07 Å². The van der Waals surface area contributed by atoms with Crippen LogP contribution in [0.3, 0.4) is 0 Å². The number of hydrogen-bond donors (Lipinski definition) is 1. The van der Waals surface area contributed by atoms with Gasteiger partial charge in [0.1, 0.15) is 0 Å². The van der Waals surface area contributed by atoms with Crippen LogP contribution in [-0.2, 0) is 17.7 Å². The van der Waals surface area contributed by atoms with Gasteiger partial charge in [0.05, 0.1) is 19.3 Å². The molecule has 0 aliphatic carbocycles.